The van der Waals surface area contributed by atoms with Gasteiger partial charge in [-0.2, -0.15) is 0 Å². The van der Waals surface area contributed by atoms with Crippen LogP contribution >= 0.6 is 0 Å². The number of nitrogens with one attached hydrogen (secondary N) is 2. The molecule has 0 bridgehead atoms. The van der Waals surface area contributed by atoms with Crippen molar-refractivity contribution in [3.63, 3.8) is 0 Å². The fourth-order valence-corrected chi connectivity index (χ4v) is 4.54. The Bertz CT molecular complexity index is 1620. The van der Waals surface area contributed by atoms with Crippen LogP contribution in [0.2, 0.25) is 0 Å². The van der Waals surface area contributed by atoms with Crippen LogP contribution in [-0.4, -0.2) is 36.1 Å². The Labute approximate surface area is 229 Å². The fourth-order valence-electron chi connectivity index (χ4n) is 4.54. The number of aliphatic imine (C=N–C) groups is 1. The zero-order valence-corrected chi connectivity index (χ0v) is 21.4. The molecule has 1 heterocycles. The number of nitrogens with zero attached hydrogens (tertiary/aromatic N) is 2. The number of ketones is 1. The lowest BCUT2D eigenvalue weighted by molar-refractivity contribution is -0.120. The minimum atomic E-state index is -1.45. The van der Waals surface area contributed by atoms with Gasteiger partial charge < -0.3 is 15.5 Å². The zero-order valence-electron chi connectivity index (χ0n) is 21.4. The predicted octanol–water partition coefficient (Wildman–Crippen LogP) is 5.49. The van der Waals surface area contributed by atoms with E-state index in [9.17, 15) is 23.2 Å². The summed E-state index contributed by atoms with van der Waals surface area (Å²) in [7, 11) is 0. The van der Waals surface area contributed by atoms with Crippen molar-refractivity contribution < 1.29 is 23.2 Å². The van der Waals surface area contributed by atoms with E-state index in [0.29, 0.717) is 34.2 Å². The number of carbonyl (C=O) groups is 3. The number of amides is 3. The van der Waals surface area contributed by atoms with Gasteiger partial charge in [0.05, 0.1) is 17.9 Å². The van der Waals surface area contributed by atoms with Crippen molar-refractivity contribution >= 4 is 34.8 Å². The summed E-state index contributed by atoms with van der Waals surface area (Å²) in [6.45, 7) is 1.51. The average molecular weight is 539 g/mol. The van der Waals surface area contributed by atoms with E-state index in [0.717, 1.165) is 17.7 Å². The highest BCUT2D eigenvalue weighted by molar-refractivity contribution is 6.21. The summed E-state index contributed by atoms with van der Waals surface area (Å²) in [5.74, 6) is -2.69. The van der Waals surface area contributed by atoms with Gasteiger partial charge in [-0.15, -0.1) is 0 Å². The second kappa shape index (κ2) is 11.3. The molecule has 4 aromatic carbocycles. The number of urea groups is 1. The molecule has 200 valence electrons. The van der Waals surface area contributed by atoms with Crippen LogP contribution in [0.4, 0.5) is 25.0 Å². The van der Waals surface area contributed by atoms with Crippen molar-refractivity contribution in [3.05, 3.63) is 131 Å². The maximum Gasteiger partial charge on any atom is 0.321 e. The fraction of sp³-hybridized carbons (Fsp3) is 0.0968. The van der Waals surface area contributed by atoms with E-state index in [1.807, 2.05) is 49.4 Å². The van der Waals surface area contributed by atoms with Gasteiger partial charge in [0.25, 0.3) is 5.91 Å². The zero-order chi connectivity index (χ0) is 28.2. The Morgan fingerprint density at radius 2 is 1.52 bits per heavy atom. The number of para-hydroxylation sites is 1. The van der Waals surface area contributed by atoms with Crippen LogP contribution in [0.25, 0.3) is 0 Å². The molecule has 0 spiro atoms. The Kier molecular flexibility index (Phi) is 7.46. The molecule has 7 nitrogen and oxygen atoms in total. The lowest BCUT2D eigenvalue weighted by Gasteiger charge is -2.25. The van der Waals surface area contributed by atoms with Gasteiger partial charge in [-0.25, -0.2) is 18.6 Å². The molecule has 3 amide bonds. The summed E-state index contributed by atoms with van der Waals surface area (Å²) in [5.41, 5.74) is 3.26. The first-order valence-corrected chi connectivity index (χ1v) is 12.5. The first-order valence-electron chi connectivity index (χ1n) is 12.5. The van der Waals surface area contributed by atoms with E-state index < -0.39 is 29.7 Å². The summed E-state index contributed by atoms with van der Waals surface area (Å²) in [6, 6.07) is 24.9. The number of hydrogen-bond donors (Lipinski definition) is 2. The van der Waals surface area contributed by atoms with Crippen molar-refractivity contribution in [2.24, 2.45) is 4.99 Å². The highest BCUT2D eigenvalue weighted by atomic mass is 19.1. The van der Waals surface area contributed by atoms with E-state index in [2.05, 4.69) is 15.6 Å². The van der Waals surface area contributed by atoms with Crippen molar-refractivity contribution in [2.75, 3.05) is 16.8 Å². The van der Waals surface area contributed by atoms with Crippen molar-refractivity contribution in [1.82, 2.24) is 5.32 Å². The van der Waals surface area contributed by atoms with Gasteiger partial charge in [-0.1, -0.05) is 72.8 Å². The molecular weight excluding hydrogens is 514 g/mol. The molecule has 0 fully saturated rings. The number of benzodiazepines with no additional fused rings is 1. The standard InChI is InChI=1S/C31H24F2N4O3/c1-19-9-5-6-12-24(19)27(38)18-37-26-14-8-7-13-25(26)28(20-10-3-2-4-11-20)35-29(30(37)39)36-31(40)34-23-16-21(32)15-22(33)17-23/h2-17,29H,18H2,1H3,(H2,34,36,40)/t29-/m0/s1. The minimum Gasteiger partial charge on any atom is -0.308 e. The van der Waals surface area contributed by atoms with Crippen LogP contribution < -0.4 is 15.5 Å². The van der Waals surface area contributed by atoms with Gasteiger partial charge in [0.1, 0.15) is 11.6 Å². The molecule has 4 aromatic rings. The molecule has 0 unspecified atom stereocenters. The third kappa shape index (κ3) is 5.63. The summed E-state index contributed by atoms with van der Waals surface area (Å²) in [4.78, 5) is 46.1. The predicted molar refractivity (Wildman–Crippen MR) is 149 cm³/mol. The molecule has 40 heavy (non-hydrogen) atoms. The Morgan fingerprint density at radius 3 is 2.25 bits per heavy atom. The quantitative estimate of drug-likeness (QED) is 0.318. The summed E-state index contributed by atoms with van der Waals surface area (Å²) >= 11 is 0. The lowest BCUT2D eigenvalue weighted by Crippen LogP contribution is -2.50. The van der Waals surface area contributed by atoms with Crippen molar-refractivity contribution in [2.45, 2.75) is 13.1 Å². The molecular formula is C31H24F2N4O3. The summed E-state index contributed by atoms with van der Waals surface area (Å²) < 4.78 is 27.3. The number of anilines is 2. The largest absolute Gasteiger partial charge is 0.321 e. The van der Waals surface area contributed by atoms with E-state index in [-0.39, 0.29) is 18.0 Å². The maximum atomic E-state index is 13.9. The number of halogens is 2. The second-order valence-corrected chi connectivity index (χ2v) is 9.18. The van der Waals surface area contributed by atoms with Gasteiger partial charge in [-0.05, 0) is 30.7 Å². The monoisotopic (exact) mass is 538 g/mol. The SMILES string of the molecule is Cc1ccccc1C(=O)CN1C(=O)[C@H](NC(=O)Nc2cc(F)cc(F)c2)N=C(c2ccccc2)c2ccccc21. The number of benzene rings is 4. The van der Waals surface area contributed by atoms with Gasteiger partial charge in [0.2, 0.25) is 6.17 Å². The topological polar surface area (TPSA) is 90.9 Å². The molecule has 0 saturated heterocycles. The lowest BCUT2D eigenvalue weighted by atomic mass is 9.99. The summed E-state index contributed by atoms with van der Waals surface area (Å²) in [6.07, 6.45) is -1.45. The summed E-state index contributed by atoms with van der Waals surface area (Å²) in [5, 5.41) is 4.84. The number of carbonyl (C=O) groups excluding carboxylic acids is 3. The normalized spacial score (nSPS) is 14.6. The first-order chi connectivity index (χ1) is 19.3. The highest BCUT2D eigenvalue weighted by Crippen LogP contribution is 2.29. The van der Waals surface area contributed by atoms with E-state index in [1.54, 1.807) is 36.4 Å². The van der Waals surface area contributed by atoms with Gasteiger partial charge in [-0.3, -0.25) is 9.59 Å². The Hall–Kier alpha value is -5.18. The van der Waals surface area contributed by atoms with Crippen LogP contribution in [0.15, 0.2) is 102 Å². The van der Waals surface area contributed by atoms with Crippen molar-refractivity contribution in [3.8, 4) is 0 Å². The van der Waals surface area contributed by atoms with Crippen LogP contribution in [0.5, 0.6) is 0 Å². The third-order valence-corrected chi connectivity index (χ3v) is 6.39. The number of fused-ring (bicyclic) bond motifs is 1. The van der Waals surface area contributed by atoms with Crippen LogP contribution in [0.3, 0.4) is 0 Å². The molecule has 0 saturated carbocycles. The number of hydrogen-bond acceptors (Lipinski definition) is 4. The van der Waals surface area contributed by atoms with Crippen LogP contribution in [0.1, 0.15) is 27.0 Å². The molecule has 2 N–H and O–H groups in total. The number of Topliss-reactive ketones (excluding diaryl/α,β-unsaturated/α-hetero) is 1. The third-order valence-electron chi connectivity index (χ3n) is 6.39. The van der Waals surface area contributed by atoms with Gasteiger partial charge in [0, 0.05) is 28.4 Å². The molecule has 5 rings (SSSR count). The molecule has 1 aliphatic rings. The molecule has 1 atom stereocenters. The maximum absolute atomic E-state index is 13.9. The number of rotatable bonds is 6. The highest BCUT2D eigenvalue weighted by Gasteiger charge is 2.34. The average Bonchev–Trinajstić information content (AvgIpc) is 3.04. The van der Waals surface area contributed by atoms with Gasteiger partial charge >= 0.3 is 6.03 Å². The molecule has 1 aliphatic heterocycles. The molecule has 9 heteroatoms. The van der Waals surface area contributed by atoms with Gasteiger partial charge in [0.15, 0.2) is 5.78 Å². The van der Waals surface area contributed by atoms with Crippen molar-refractivity contribution in [1.29, 1.82) is 0 Å². The van der Waals surface area contributed by atoms with Crippen LogP contribution in [0, 0.1) is 18.6 Å². The minimum absolute atomic E-state index is 0.141. The molecule has 0 aromatic heterocycles. The molecule has 0 radical (unpaired) electrons. The Balaban J connectivity index is 1.54. The van der Waals surface area contributed by atoms with E-state index >= 15 is 0 Å². The van der Waals surface area contributed by atoms with Crippen LogP contribution in [-0.2, 0) is 4.79 Å². The smallest absolute Gasteiger partial charge is 0.308 e. The van der Waals surface area contributed by atoms with E-state index in [1.165, 1.54) is 4.90 Å². The second-order valence-electron chi connectivity index (χ2n) is 9.18. The number of aryl methyl sites for hydroxylation is 1. The first kappa shape index (κ1) is 26.4. The molecule has 0 aliphatic carbocycles. The Morgan fingerprint density at radius 1 is 0.875 bits per heavy atom. The van der Waals surface area contributed by atoms with E-state index in [4.69, 9.17) is 0 Å².